The van der Waals surface area contributed by atoms with Crippen LogP contribution in [0.15, 0.2) is 23.1 Å². The Balaban J connectivity index is 2.31. The van der Waals surface area contributed by atoms with Gasteiger partial charge in [-0.05, 0) is 32.9 Å². The molecule has 0 saturated carbocycles. The van der Waals surface area contributed by atoms with Crippen molar-refractivity contribution >= 4 is 10.0 Å². The average molecular weight is 315 g/mol. The molecular formula is C14H21NO5S. The van der Waals surface area contributed by atoms with Gasteiger partial charge in [0.1, 0.15) is 0 Å². The Labute approximate surface area is 125 Å². The van der Waals surface area contributed by atoms with Crippen molar-refractivity contribution in [2.45, 2.75) is 43.7 Å². The van der Waals surface area contributed by atoms with Crippen molar-refractivity contribution in [3.05, 3.63) is 18.2 Å². The van der Waals surface area contributed by atoms with Gasteiger partial charge in [-0.15, -0.1) is 0 Å². The molecule has 0 radical (unpaired) electrons. The van der Waals surface area contributed by atoms with Crippen LogP contribution >= 0.6 is 0 Å². The van der Waals surface area contributed by atoms with E-state index < -0.39 is 21.7 Å². The summed E-state index contributed by atoms with van der Waals surface area (Å²) in [5.41, 5.74) is -0.969. The first-order valence-corrected chi connectivity index (χ1v) is 8.32. The summed E-state index contributed by atoms with van der Waals surface area (Å²) in [5.74, 6) is 0.964. The zero-order valence-corrected chi connectivity index (χ0v) is 13.2. The number of aliphatic hydroxyl groups is 1. The third-order valence-electron chi connectivity index (χ3n) is 3.47. The molecule has 1 atom stereocenters. The number of hydrogen-bond acceptors (Lipinski definition) is 5. The van der Waals surface area contributed by atoms with Gasteiger partial charge in [-0.3, -0.25) is 0 Å². The molecule has 1 heterocycles. The highest BCUT2D eigenvalue weighted by molar-refractivity contribution is 7.89. The van der Waals surface area contributed by atoms with E-state index >= 15 is 0 Å². The Morgan fingerprint density at radius 1 is 1.24 bits per heavy atom. The Morgan fingerprint density at radius 3 is 2.48 bits per heavy atom. The third kappa shape index (κ3) is 3.66. The van der Waals surface area contributed by atoms with E-state index in [4.69, 9.17) is 9.47 Å². The van der Waals surface area contributed by atoms with Gasteiger partial charge in [0.25, 0.3) is 0 Å². The van der Waals surface area contributed by atoms with Gasteiger partial charge in [0.05, 0.1) is 29.8 Å². The lowest BCUT2D eigenvalue weighted by molar-refractivity contribution is 0.111. The maximum atomic E-state index is 12.4. The van der Waals surface area contributed by atoms with E-state index in [0.717, 1.165) is 6.42 Å². The molecule has 0 saturated heterocycles. The average Bonchev–Trinajstić information content (AvgIpc) is 2.61. The quantitative estimate of drug-likeness (QED) is 0.874. The van der Waals surface area contributed by atoms with Crippen molar-refractivity contribution in [3.8, 4) is 11.5 Å². The smallest absolute Gasteiger partial charge is 0.241 e. The van der Waals surface area contributed by atoms with E-state index in [1.807, 2.05) is 0 Å². The van der Waals surface area contributed by atoms with Crippen LogP contribution in [0.4, 0.5) is 0 Å². The maximum Gasteiger partial charge on any atom is 0.241 e. The number of hydrogen-bond donors (Lipinski definition) is 2. The minimum atomic E-state index is -3.75. The highest BCUT2D eigenvalue weighted by atomic mass is 32.2. The van der Waals surface area contributed by atoms with E-state index in [9.17, 15) is 13.5 Å². The minimum Gasteiger partial charge on any atom is -0.490 e. The second kappa shape index (κ2) is 5.82. The number of sulfonamides is 1. The van der Waals surface area contributed by atoms with Crippen LogP contribution in [0.5, 0.6) is 11.5 Å². The van der Waals surface area contributed by atoms with Crippen molar-refractivity contribution in [3.63, 3.8) is 0 Å². The Kier molecular flexibility index (Phi) is 4.46. The summed E-state index contributed by atoms with van der Waals surface area (Å²) >= 11 is 0. The monoisotopic (exact) mass is 315 g/mol. The Morgan fingerprint density at radius 2 is 1.86 bits per heavy atom. The summed E-state index contributed by atoms with van der Waals surface area (Å²) in [5, 5.41) is 9.65. The molecule has 0 aliphatic carbocycles. The lowest BCUT2D eigenvalue weighted by atomic mass is 10.0. The van der Waals surface area contributed by atoms with Crippen LogP contribution in [0, 0.1) is 0 Å². The molecule has 2 N–H and O–H groups in total. The van der Waals surface area contributed by atoms with Gasteiger partial charge in [0.2, 0.25) is 10.0 Å². The molecule has 1 aliphatic rings. The summed E-state index contributed by atoms with van der Waals surface area (Å²) in [6.45, 7) is 5.82. The van der Waals surface area contributed by atoms with Crippen LogP contribution in [0.3, 0.4) is 0 Å². The van der Waals surface area contributed by atoms with Gasteiger partial charge in [0, 0.05) is 12.5 Å². The van der Waals surface area contributed by atoms with Crippen LogP contribution in [-0.4, -0.2) is 38.4 Å². The third-order valence-corrected chi connectivity index (χ3v) is 5.14. The van der Waals surface area contributed by atoms with Crippen molar-refractivity contribution in [2.24, 2.45) is 0 Å². The Bertz CT molecular complexity index is 610. The maximum absolute atomic E-state index is 12.4. The molecule has 1 unspecified atom stereocenters. The van der Waals surface area contributed by atoms with Gasteiger partial charge < -0.3 is 14.6 Å². The minimum absolute atomic E-state index is 0.0838. The molecule has 0 fully saturated rings. The first-order valence-electron chi connectivity index (χ1n) is 6.84. The van der Waals surface area contributed by atoms with Crippen molar-refractivity contribution in [1.82, 2.24) is 4.72 Å². The predicted molar refractivity (Wildman–Crippen MR) is 78.1 cm³/mol. The van der Waals surface area contributed by atoms with E-state index in [-0.39, 0.29) is 4.90 Å². The molecule has 0 spiro atoms. The molecule has 118 valence electrons. The zero-order valence-electron chi connectivity index (χ0n) is 12.4. The van der Waals surface area contributed by atoms with E-state index in [0.29, 0.717) is 24.7 Å². The van der Waals surface area contributed by atoms with Crippen LogP contribution in [0.25, 0.3) is 0 Å². The fraction of sp³-hybridized carbons (Fsp3) is 0.571. The van der Waals surface area contributed by atoms with Gasteiger partial charge in [0.15, 0.2) is 11.5 Å². The lowest BCUT2D eigenvalue weighted by Crippen LogP contribution is -2.50. The van der Waals surface area contributed by atoms with Crippen molar-refractivity contribution < 1.29 is 23.0 Å². The normalized spacial score (nSPS) is 17.1. The SMILES string of the molecule is CC(O)C(C)(C)NS(=O)(=O)c1ccc2c(c1)OCCCO2. The fourth-order valence-corrected chi connectivity index (χ4v) is 3.29. The van der Waals surface area contributed by atoms with Gasteiger partial charge >= 0.3 is 0 Å². The second-order valence-corrected chi connectivity index (χ2v) is 7.34. The summed E-state index contributed by atoms with van der Waals surface area (Å²) in [6.07, 6.45) is -0.0722. The molecular weight excluding hydrogens is 294 g/mol. The first kappa shape index (κ1) is 16.1. The van der Waals surface area contributed by atoms with Crippen LogP contribution in [0.1, 0.15) is 27.2 Å². The lowest BCUT2D eigenvalue weighted by Gasteiger charge is -2.29. The second-order valence-electron chi connectivity index (χ2n) is 5.66. The molecule has 1 aromatic carbocycles. The molecule has 6 nitrogen and oxygen atoms in total. The van der Waals surface area contributed by atoms with E-state index in [2.05, 4.69) is 4.72 Å². The molecule has 0 aromatic heterocycles. The number of benzene rings is 1. The molecule has 1 aromatic rings. The molecule has 1 aliphatic heterocycles. The molecule has 0 amide bonds. The molecule has 21 heavy (non-hydrogen) atoms. The number of rotatable bonds is 4. The van der Waals surface area contributed by atoms with E-state index in [1.165, 1.54) is 19.1 Å². The number of nitrogens with one attached hydrogen (secondary N) is 1. The highest BCUT2D eigenvalue weighted by Crippen LogP contribution is 2.32. The van der Waals surface area contributed by atoms with Crippen LogP contribution in [-0.2, 0) is 10.0 Å². The van der Waals surface area contributed by atoms with Crippen LogP contribution < -0.4 is 14.2 Å². The molecule has 2 rings (SSSR count). The summed E-state index contributed by atoms with van der Waals surface area (Å²) < 4.78 is 38.3. The number of fused-ring (bicyclic) bond motifs is 1. The first-order chi connectivity index (χ1) is 9.72. The highest BCUT2D eigenvalue weighted by Gasteiger charge is 2.31. The summed E-state index contributed by atoms with van der Waals surface area (Å²) in [7, 11) is -3.75. The number of aliphatic hydroxyl groups excluding tert-OH is 1. The summed E-state index contributed by atoms with van der Waals surface area (Å²) in [4.78, 5) is 0.0838. The van der Waals surface area contributed by atoms with E-state index in [1.54, 1.807) is 19.9 Å². The predicted octanol–water partition coefficient (Wildman–Crippen LogP) is 1.29. The van der Waals surface area contributed by atoms with Gasteiger partial charge in [-0.1, -0.05) is 0 Å². The summed E-state index contributed by atoms with van der Waals surface area (Å²) in [6, 6.07) is 4.50. The van der Waals surface area contributed by atoms with Crippen molar-refractivity contribution in [2.75, 3.05) is 13.2 Å². The molecule has 0 bridgehead atoms. The standard InChI is InChI=1S/C14H21NO5S/c1-10(16)14(2,3)15-21(17,18)11-5-6-12-13(9-11)20-8-4-7-19-12/h5-6,9-10,15-16H,4,7-8H2,1-3H3. The molecule has 7 heteroatoms. The Hall–Kier alpha value is -1.31. The van der Waals surface area contributed by atoms with Gasteiger partial charge in [-0.25, -0.2) is 13.1 Å². The largest absolute Gasteiger partial charge is 0.490 e. The number of ether oxygens (including phenoxy) is 2. The van der Waals surface area contributed by atoms with Crippen molar-refractivity contribution in [1.29, 1.82) is 0 Å². The van der Waals surface area contributed by atoms with Crippen LogP contribution in [0.2, 0.25) is 0 Å². The van der Waals surface area contributed by atoms with Gasteiger partial charge in [-0.2, -0.15) is 0 Å². The zero-order chi connectivity index (χ0) is 15.7. The fourth-order valence-electron chi connectivity index (χ4n) is 1.80. The topological polar surface area (TPSA) is 84.9 Å².